The lowest BCUT2D eigenvalue weighted by molar-refractivity contribution is -0.387. The van der Waals surface area contributed by atoms with Crippen LogP contribution in [0.2, 0.25) is 0 Å². The Morgan fingerprint density at radius 2 is 2.08 bits per heavy atom. The van der Waals surface area contributed by atoms with E-state index in [1.807, 2.05) is 6.07 Å². The van der Waals surface area contributed by atoms with Crippen LogP contribution in [0.3, 0.4) is 0 Å². The molecule has 0 unspecified atom stereocenters. The molecule has 0 saturated heterocycles. The highest BCUT2D eigenvalue weighted by Gasteiger charge is 2.21. The fraction of sp³-hybridized carbons (Fsp3) is 0.375. The van der Waals surface area contributed by atoms with Gasteiger partial charge in [-0.25, -0.2) is 0 Å². The second kappa shape index (κ2) is 7.56. The van der Waals surface area contributed by atoms with E-state index >= 15 is 0 Å². The van der Waals surface area contributed by atoms with E-state index < -0.39 is 22.0 Å². The Morgan fingerprint density at radius 1 is 1.32 bits per heavy atom. The number of hydrogen-bond donors (Lipinski definition) is 2. The van der Waals surface area contributed by atoms with Crippen LogP contribution in [0.15, 0.2) is 26.4 Å². The lowest BCUT2D eigenvalue weighted by Crippen LogP contribution is -2.14. The SMILES string of the molecule is O=c1[nH]c(/C=C/c2ccc(SC3CCCCC3)o2)nc(O)c1[N+](=O)[O-]. The summed E-state index contributed by atoms with van der Waals surface area (Å²) in [6, 6.07) is 3.69. The summed E-state index contributed by atoms with van der Waals surface area (Å²) in [7, 11) is 0. The minimum atomic E-state index is -1.01. The zero-order valence-electron chi connectivity index (χ0n) is 13.3. The van der Waals surface area contributed by atoms with Gasteiger partial charge in [-0.05, 0) is 37.1 Å². The van der Waals surface area contributed by atoms with Gasteiger partial charge in [0.05, 0.1) is 4.92 Å². The summed E-state index contributed by atoms with van der Waals surface area (Å²) < 4.78 is 5.72. The minimum Gasteiger partial charge on any atom is -0.488 e. The predicted molar refractivity (Wildman–Crippen MR) is 93.5 cm³/mol. The molecule has 8 nitrogen and oxygen atoms in total. The van der Waals surface area contributed by atoms with Crippen molar-refractivity contribution in [1.82, 2.24) is 9.97 Å². The van der Waals surface area contributed by atoms with Crippen LogP contribution in [0.5, 0.6) is 5.88 Å². The fourth-order valence-corrected chi connectivity index (χ4v) is 3.90. The van der Waals surface area contributed by atoms with Crippen molar-refractivity contribution in [3.63, 3.8) is 0 Å². The van der Waals surface area contributed by atoms with Gasteiger partial charge in [-0.15, -0.1) is 0 Å². The van der Waals surface area contributed by atoms with Crippen molar-refractivity contribution in [2.24, 2.45) is 0 Å². The molecule has 1 saturated carbocycles. The molecule has 9 heteroatoms. The van der Waals surface area contributed by atoms with Gasteiger partial charge in [0.15, 0.2) is 5.09 Å². The highest BCUT2D eigenvalue weighted by atomic mass is 32.2. The number of nitrogens with one attached hydrogen (secondary N) is 1. The van der Waals surface area contributed by atoms with E-state index in [2.05, 4.69) is 9.97 Å². The quantitative estimate of drug-likeness (QED) is 0.615. The van der Waals surface area contributed by atoms with Gasteiger partial charge in [0, 0.05) is 5.25 Å². The van der Waals surface area contributed by atoms with Crippen molar-refractivity contribution in [2.75, 3.05) is 0 Å². The lowest BCUT2D eigenvalue weighted by Gasteiger charge is -2.19. The van der Waals surface area contributed by atoms with Crippen molar-refractivity contribution < 1.29 is 14.4 Å². The summed E-state index contributed by atoms with van der Waals surface area (Å²) in [4.78, 5) is 27.1. The number of furan rings is 1. The van der Waals surface area contributed by atoms with Crippen LogP contribution in [0.4, 0.5) is 5.69 Å². The van der Waals surface area contributed by atoms with E-state index in [0.29, 0.717) is 11.0 Å². The van der Waals surface area contributed by atoms with Crippen LogP contribution in [0, 0.1) is 10.1 Å². The summed E-state index contributed by atoms with van der Waals surface area (Å²) in [6.07, 6.45) is 9.21. The molecular weight excluding hydrogens is 346 g/mol. The fourth-order valence-electron chi connectivity index (χ4n) is 2.71. The zero-order chi connectivity index (χ0) is 17.8. The molecule has 2 aromatic rings. The Kier molecular flexibility index (Phi) is 5.22. The zero-order valence-corrected chi connectivity index (χ0v) is 14.1. The van der Waals surface area contributed by atoms with Crippen molar-refractivity contribution in [3.8, 4) is 5.88 Å². The highest BCUT2D eigenvalue weighted by molar-refractivity contribution is 7.99. The molecule has 1 aliphatic rings. The third-order valence-electron chi connectivity index (χ3n) is 3.92. The van der Waals surface area contributed by atoms with Crippen LogP contribution >= 0.6 is 11.8 Å². The molecule has 0 atom stereocenters. The molecule has 0 bridgehead atoms. The Morgan fingerprint density at radius 3 is 2.76 bits per heavy atom. The standard InChI is InChI=1S/C16H17N3O5S/c20-15-14(19(22)23)16(21)18-12(17-15)8-6-10-7-9-13(24-10)25-11-4-2-1-3-5-11/h6-9,11H,1-5H2,(H2,17,18,20,21)/b8-6+. The highest BCUT2D eigenvalue weighted by Crippen LogP contribution is 2.34. The normalized spacial score (nSPS) is 15.7. The summed E-state index contributed by atoms with van der Waals surface area (Å²) >= 11 is 1.73. The molecule has 0 radical (unpaired) electrons. The first kappa shape index (κ1) is 17.3. The lowest BCUT2D eigenvalue weighted by atomic mass is 10.0. The van der Waals surface area contributed by atoms with Crippen molar-refractivity contribution in [2.45, 2.75) is 42.4 Å². The van der Waals surface area contributed by atoms with Crippen LogP contribution in [-0.2, 0) is 0 Å². The summed E-state index contributed by atoms with van der Waals surface area (Å²) in [5.74, 6) is -0.342. The molecule has 0 aromatic carbocycles. The van der Waals surface area contributed by atoms with Crippen molar-refractivity contribution >= 4 is 29.6 Å². The summed E-state index contributed by atoms with van der Waals surface area (Å²) in [6.45, 7) is 0. The molecule has 25 heavy (non-hydrogen) atoms. The number of hydrogen-bond acceptors (Lipinski definition) is 7. The molecular formula is C16H17N3O5S. The molecule has 132 valence electrons. The number of aromatic amines is 1. The third kappa shape index (κ3) is 4.30. The van der Waals surface area contributed by atoms with Crippen LogP contribution in [-0.4, -0.2) is 25.2 Å². The number of nitrogens with zero attached hydrogens (tertiary/aromatic N) is 2. The number of aromatic nitrogens is 2. The summed E-state index contributed by atoms with van der Waals surface area (Å²) in [5.41, 5.74) is -1.98. The maximum Gasteiger partial charge on any atom is 0.395 e. The van der Waals surface area contributed by atoms with Gasteiger partial charge >= 0.3 is 11.2 Å². The van der Waals surface area contributed by atoms with Crippen molar-refractivity contribution in [3.05, 3.63) is 44.2 Å². The molecule has 2 N–H and O–H groups in total. The van der Waals surface area contributed by atoms with Crippen LogP contribution < -0.4 is 5.56 Å². The molecule has 3 rings (SSSR count). The maximum atomic E-state index is 11.6. The minimum absolute atomic E-state index is 0.00554. The van der Waals surface area contributed by atoms with Gasteiger partial charge < -0.3 is 14.5 Å². The monoisotopic (exact) mass is 363 g/mol. The second-order valence-electron chi connectivity index (χ2n) is 5.75. The van der Waals surface area contributed by atoms with E-state index in [1.165, 1.54) is 38.2 Å². The van der Waals surface area contributed by atoms with E-state index in [-0.39, 0.29) is 5.82 Å². The topological polar surface area (TPSA) is 122 Å². The average molecular weight is 363 g/mol. The molecule has 0 spiro atoms. The molecule has 1 fully saturated rings. The molecule has 2 aromatic heterocycles. The first-order valence-electron chi connectivity index (χ1n) is 7.95. The van der Waals surface area contributed by atoms with E-state index in [0.717, 1.165) is 5.09 Å². The van der Waals surface area contributed by atoms with Gasteiger partial charge in [0.2, 0.25) is 0 Å². The van der Waals surface area contributed by atoms with Gasteiger partial charge in [-0.3, -0.25) is 14.9 Å². The Hall–Kier alpha value is -2.55. The summed E-state index contributed by atoms with van der Waals surface area (Å²) in [5, 5.41) is 21.6. The number of H-pyrrole nitrogens is 1. The Labute approximate surface area is 147 Å². The van der Waals surface area contributed by atoms with Crippen LogP contribution in [0.1, 0.15) is 43.7 Å². The van der Waals surface area contributed by atoms with Gasteiger partial charge in [0.1, 0.15) is 11.6 Å². The molecule has 0 amide bonds. The number of thioether (sulfide) groups is 1. The first-order chi connectivity index (χ1) is 12.0. The maximum absolute atomic E-state index is 11.6. The molecule has 2 heterocycles. The first-order valence-corrected chi connectivity index (χ1v) is 8.83. The molecule has 1 aliphatic carbocycles. The van der Waals surface area contributed by atoms with Gasteiger partial charge in [-0.2, -0.15) is 4.98 Å². The van der Waals surface area contributed by atoms with Gasteiger partial charge in [0.25, 0.3) is 5.88 Å². The Balaban J connectivity index is 1.70. The van der Waals surface area contributed by atoms with Gasteiger partial charge in [-0.1, -0.05) is 31.0 Å². The number of nitro groups is 1. The Bertz CT molecular complexity index is 852. The largest absolute Gasteiger partial charge is 0.488 e. The van der Waals surface area contributed by atoms with Crippen LogP contribution in [0.25, 0.3) is 12.2 Å². The smallest absolute Gasteiger partial charge is 0.395 e. The van der Waals surface area contributed by atoms with E-state index in [4.69, 9.17) is 4.42 Å². The third-order valence-corrected chi connectivity index (χ3v) is 5.18. The number of aromatic hydroxyl groups is 1. The average Bonchev–Trinajstić information content (AvgIpc) is 3.00. The van der Waals surface area contributed by atoms with Crippen molar-refractivity contribution in [1.29, 1.82) is 0 Å². The van der Waals surface area contributed by atoms with E-state index in [1.54, 1.807) is 23.9 Å². The number of rotatable bonds is 5. The van der Waals surface area contributed by atoms with E-state index in [9.17, 15) is 20.0 Å². The predicted octanol–water partition coefficient (Wildman–Crippen LogP) is 3.57. The second-order valence-corrected chi connectivity index (χ2v) is 7.05. The molecule has 0 aliphatic heterocycles.